The predicted molar refractivity (Wildman–Crippen MR) is 50.4 cm³/mol. The molecule has 0 bridgehead atoms. The molecule has 3 heteroatoms. The molecule has 1 rings (SSSR count). The summed E-state index contributed by atoms with van der Waals surface area (Å²) in [6.45, 7) is 7.25. The lowest BCUT2D eigenvalue weighted by Crippen LogP contribution is -2.54. The highest BCUT2D eigenvalue weighted by Crippen LogP contribution is 2.09. The summed E-state index contributed by atoms with van der Waals surface area (Å²) >= 11 is 0. The minimum atomic E-state index is 0.232. The van der Waals surface area contributed by atoms with Gasteiger partial charge in [0.25, 0.3) is 0 Å². The average Bonchev–Trinajstić information content (AvgIpc) is 1.83. The second-order valence-corrected chi connectivity index (χ2v) is 4.32. The third-order valence-corrected chi connectivity index (χ3v) is 2.67. The van der Waals surface area contributed by atoms with Crippen LogP contribution in [0.1, 0.15) is 13.8 Å². The van der Waals surface area contributed by atoms with Gasteiger partial charge in [0.05, 0.1) is 19.3 Å². The molecular weight excluding hydrogens is 152 g/mol. The lowest BCUT2D eigenvalue weighted by atomic mass is 10.0. The van der Waals surface area contributed by atoms with Crippen LogP contribution in [0.15, 0.2) is 0 Å². The van der Waals surface area contributed by atoms with Crippen molar-refractivity contribution in [3.63, 3.8) is 0 Å². The molecule has 0 aliphatic carbocycles. The van der Waals surface area contributed by atoms with Gasteiger partial charge in [0.1, 0.15) is 0 Å². The Morgan fingerprint density at radius 2 is 2.00 bits per heavy atom. The van der Waals surface area contributed by atoms with E-state index < -0.39 is 0 Å². The van der Waals surface area contributed by atoms with E-state index in [-0.39, 0.29) is 5.54 Å². The molecule has 0 aromatic carbocycles. The third-order valence-electron chi connectivity index (χ3n) is 2.67. The summed E-state index contributed by atoms with van der Waals surface area (Å²) in [5.74, 6) is 0. The highest BCUT2D eigenvalue weighted by Gasteiger charge is 2.24. The van der Waals surface area contributed by atoms with E-state index in [0.29, 0.717) is 6.04 Å². The Labute approximate surface area is 75.1 Å². The highest BCUT2D eigenvalue weighted by molar-refractivity contribution is 4.83. The largest absolute Gasteiger partial charge is 0.378 e. The van der Waals surface area contributed by atoms with E-state index in [1.54, 1.807) is 0 Å². The zero-order chi connectivity index (χ0) is 9.19. The van der Waals surface area contributed by atoms with Crippen LogP contribution in [-0.4, -0.2) is 50.3 Å². The Kier molecular flexibility index (Phi) is 3.09. The van der Waals surface area contributed by atoms with Crippen LogP contribution >= 0.6 is 0 Å². The second-order valence-electron chi connectivity index (χ2n) is 4.32. The number of hydrogen-bond acceptors (Lipinski definition) is 3. The summed E-state index contributed by atoms with van der Waals surface area (Å²) in [5.41, 5.74) is 0.232. The fourth-order valence-electron chi connectivity index (χ4n) is 0.906. The van der Waals surface area contributed by atoms with Crippen LogP contribution in [0, 0.1) is 0 Å². The van der Waals surface area contributed by atoms with E-state index in [4.69, 9.17) is 4.74 Å². The summed E-state index contributed by atoms with van der Waals surface area (Å²) < 4.78 is 5.08. The SMILES string of the molecule is CN(C)C(C)(C)CNC1COC1. The maximum absolute atomic E-state index is 5.08. The molecule has 1 aliphatic heterocycles. The van der Waals surface area contributed by atoms with Crippen LogP contribution in [0.3, 0.4) is 0 Å². The van der Waals surface area contributed by atoms with Gasteiger partial charge in [-0.3, -0.25) is 0 Å². The fourth-order valence-corrected chi connectivity index (χ4v) is 0.906. The van der Waals surface area contributed by atoms with E-state index in [2.05, 4.69) is 38.2 Å². The van der Waals surface area contributed by atoms with E-state index in [0.717, 1.165) is 19.8 Å². The molecule has 0 spiro atoms. The molecule has 0 atom stereocenters. The standard InChI is InChI=1S/C9H20N2O/c1-9(2,11(3)4)7-10-8-5-12-6-8/h8,10H,5-7H2,1-4H3. The van der Waals surface area contributed by atoms with Crippen LogP contribution in [-0.2, 0) is 4.74 Å². The minimum Gasteiger partial charge on any atom is -0.378 e. The van der Waals surface area contributed by atoms with Crippen LogP contribution in [0.25, 0.3) is 0 Å². The Bertz CT molecular complexity index is 141. The van der Waals surface area contributed by atoms with Crippen LogP contribution in [0.2, 0.25) is 0 Å². The molecule has 12 heavy (non-hydrogen) atoms. The molecule has 1 N–H and O–H groups in total. The van der Waals surface area contributed by atoms with E-state index >= 15 is 0 Å². The summed E-state index contributed by atoms with van der Waals surface area (Å²) in [4.78, 5) is 2.24. The zero-order valence-electron chi connectivity index (χ0n) is 8.55. The average molecular weight is 172 g/mol. The molecule has 0 unspecified atom stereocenters. The van der Waals surface area contributed by atoms with Crippen molar-refractivity contribution in [1.29, 1.82) is 0 Å². The van der Waals surface area contributed by atoms with Crippen LogP contribution in [0.5, 0.6) is 0 Å². The van der Waals surface area contributed by atoms with Crippen molar-refractivity contribution in [2.75, 3.05) is 33.9 Å². The van der Waals surface area contributed by atoms with Gasteiger partial charge in [0.2, 0.25) is 0 Å². The van der Waals surface area contributed by atoms with Crippen molar-refractivity contribution in [2.45, 2.75) is 25.4 Å². The first-order valence-electron chi connectivity index (χ1n) is 4.51. The van der Waals surface area contributed by atoms with Crippen molar-refractivity contribution in [3.8, 4) is 0 Å². The Hall–Kier alpha value is -0.120. The first kappa shape index (κ1) is 9.96. The molecule has 1 fully saturated rings. The minimum absolute atomic E-state index is 0.232. The molecule has 0 saturated carbocycles. The van der Waals surface area contributed by atoms with Gasteiger partial charge in [-0.05, 0) is 27.9 Å². The number of hydrogen-bond donors (Lipinski definition) is 1. The van der Waals surface area contributed by atoms with Gasteiger partial charge < -0.3 is 15.0 Å². The molecule has 0 amide bonds. The quantitative estimate of drug-likeness (QED) is 0.661. The first-order chi connectivity index (χ1) is 5.52. The molecule has 1 aliphatic rings. The predicted octanol–water partition coefficient (Wildman–Crippen LogP) is 0.315. The molecule has 3 nitrogen and oxygen atoms in total. The molecule has 1 heterocycles. The number of ether oxygens (including phenoxy) is 1. The van der Waals surface area contributed by atoms with Crippen molar-refractivity contribution < 1.29 is 4.74 Å². The molecule has 0 aromatic heterocycles. The number of likely N-dealkylation sites (N-methyl/N-ethyl adjacent to an activating group) is 1. The smallest absolute Gasteiger partial charge is 0.0643 e. The van der Waals surface area contributed by atoms with Gasteiger partial charge in [-0.15, -0.1) is 0 Å². The van der Waals surface area contributed by atoms with Gasteiger partial charge in [-0.2, -0.15) is 0 Å². The van der Waals surface area contributed by atoms with Crippen molar-refractivity contribution >= 4 is 0 Å². The fraction of sp³-hybridized carbons (Fsp3) is 1.00. The Morgan fingerprint density at radius 1 is 1.42 bits per heavy atom. The van der Waals surface area contributed by atoms with E-state index in [1.807, 2.05) is 0 Å². The van der Waals surface area contributed by atoms with Crippen molar-refractivity contribution in [2.24, 2.45) is 0 Å². The molecule has 1 saturated heterocycles. The Balaban J connectivity index is 2.19. The normalized spacial score (nSPS) is 19.8. The number of nitrogens with one attached hydrogen (secondary N) is 1. The second kappa shape index (κ2) is 3.73. The number of nitrogens with zero attached hydrogens (tertiary/aromatic N) is 1. The van der Waals surface area contributed by atoms with E-state index in [1.165, 1.54) is 0 Å². The molecule has 0 aromatic rings. The van der Waals surface area contributed by atoms with Gasteiger partial charge in [0, 0.05) is 12.1 Å². The molecule has 72 valence electrons. The summed E-state index contributed by atoms with van der Waals surface area (Å²) in [5, 5.41) is 3.47. The Morgan fingerprint density at radius 3 is 2.33 bits per heavy atom. The number of rotatable bonds is 4. The first-order valence-corrected chi connectivity index (χ1v) is 4.51. The van der Waals surface area contributed by atoms with Gasteiger partial charge in [-0.1, -0.05) is 0 Å². The third kappa shape index (κ3) is 2.44. The molecular formula is C9H20N2O. The lowest BCUT2D eigenvalue weighted by Gasteiger charge is -2.36. The van der Waals surface area contributed by atoms with Gasteiger partial charge in [-0.25, -0.2) is 0 Å². The zero-order valence-corrected chi connectivity index (χ0v) is 8.55. The van der Waals surface area contributed by atoms with Crippen molar-refractivity contribution in [1.82, 2.24) is 10.2 Å². The monoisotopic (exact) mass is 172 g/mol. The maximum Gasteiger partial charge on any atom is 0.0643 e. The van der Waals surface area contributed by atoms with Crippen LogP contribution in [0.4, 0.5) is 0 Å². The van der Waals surface area contributed by atoms with Crippen LogP contribution < -0.4 is 5.32 Å². The van der Waals surface area contributed by atoms with Crippen molar-refractivity contribution in [3.05, 3.63) is 0 Å². The van der Waals surface area contributed by atoms with Gasteiger partial charge >= 0.3 is 0 Å². The summed E-state index contributed by atoms with van der Waals surface area (Å²) in [6, 6.07) is 0.587. The highest BCUT2D eigenvalue weighted by atomic mass is 16.5. The maximum atomic E-state index is 5.08. The van der Waals surface area contributed by atoms with E-state index in [9.17, 15) is 0 Å². The summed E-state index contributed by atoms with van der Waals surface area (Å²) in [6.07, 6.45) is 0. The molecule has 0 radical (unpaired) electrons. The van der Waals surface area contributed by atoms with Gasteiger partial charge in [0.15, 0.2) is 0 Å². The summed E-state index contributed by atoms with van der Waals surface area (Å²) in [7, 11) is 4.22. The topological polar surface area (TPSA) is 24.5 Å². The lowest BCUT2D eigenvalue weighted by molar-refractivity contribution is -0.00997.